The fourth-order valence-corrected chi connectivity index (χ4v) is 2.70. The smallest absolute Gasteiger partial charge is 0.265 e. The molecule has 0 bridgehead atoms. The molecule has 21 heavy (non-hydrogen) atoms. The Kier molecular flexibility index (Phi) is 4.43. The molecule has 0 atom stereocenters. The Labute approximate surface area is 123 Å². The number of nitrogens with zero attached hydrogens (tertiary/aromatic N) is 2. The monoisotopic (exact) mass is 311 g/mol. The Balaban J connectivity index is 2.26. The second kappa shape index (κ2) is 6.10. The van der Waals surface area contributed by atoms with Gasteiger partial charge in [0.25, 0.3) is 10.0 Å². The van der Waals surface area contributed by atoms with E-state index in [2.05, 4.69) is 25.0 Å². The van der Waals surface area contributed by atoms with Gasteiger partial charge in [-0.15, -0.1) is 0 Å². The van der Waals surface area contributed by atoms with Gasteiger partial charge in [-0.05, 0) is 20.0 Å². The molecule has 0 radical (unpaired) electrons. The number of anilines is 1. The van der Waals surface area contributed by atoms with Crippen LogP contribution in [0.15, 0.2) is 23.2 Å². The highest BCUT2D eigenvalue weighted by Gasteiger charge is 2.18. The number of methoxy groups -OCH3 is 1. The number of hydrogen-bond donors (Lipinski definition) is 3. The third-order valence-electron chi connectivity index (χ3n) is 2.66. The molecule has 2 aromatic heterocycles. The van der Waals surface area contributed by atoms with Crippen molar-refractivity contribution in [3.05, 3.63) is 29.7 Å². The summed E-state index contributed by atoms with van der Waals surface area (Å²) in [5, 5.41) is 2.93. The molecule has 0 aliphatic rings. The van der Waals surface area contributed by atoms with Crippen molar-refractivity contribution in [2.75, 3.05) is 18.9 Å². The van der Waals surface area contributed by atoms with E-state index in [1.165, 1.54) is 13.3 Å². The van der Waals surface area contributed by atoms with Crippen molar-refractivity contribution in [2.24, 2.45) is 0 Å². The van der Waals surface area contributed by atoms with E-state index in [1.54, 1.807) is 26.1 Å². The molecule has 9 heteroatoms. The van der Waals surface area contributed by atoms with Gasteiger partial charge in [-0.1, -0.05) is 0 Å². The van der Waals surface area contributed by atoms with E-state index in [-0.39, 0.29) is 10.8 Å². The molecule has 3 N–H and O–H groups in total. The van der Waals surface area contributed by atoms with E-state index >= 15 is 0 Å². The molecule has 2 heterocycles. The van der Waals surface area contributed by atoms with Gasteiger partial charge in [-0.2, -0.15) is 4.98 Å². The van der Waals surface area contributed by atoms with Gasteiger partial charge >= 0.3 is 0 Å². The van der Waals surface area contributed by atoms with Gasteiger partial charge in [0.05, 0.1) is 7.11 Å². The first-order chi connectivity index (χ1) is 9.94. The summed E-state index contributed by atoms with van der Waals surface area (Å²) in [6, 6.07) is 3.16. The maximum atomic E-state index is 12.3. The zero-order valence-corrected chi connectivity index (χ0v) is 12.8. The average molecular weight is 311 g/mol. The molecule has 114 valence electrons. The van der Waals surface area contributed by atoms with Crippen LogP contribution in [0.1, 0.15) is 11.4 Å². The number of ether oxygens (including phenoxy) is 1. The van der Waals surface area contributed by atoms with Crippen LogP contribution >= 0.6 is 0 Å². The van der Waals surface area contributed by atoms with Crippen LogP contribution in [-0.2, 0) is 16.6 Å². The summed E-state index contributed by atoms with van der Waals surface area (Å²) in [6.07, 6.45) is 1.42. The molecule has 0 aromatic carbocycles. The van der Waals surface area contributed by atoms with Crippen LogP contribution in [0.3, 0.4) is 0 Å². The van der Waals surface area contributed by atoms with Crippen molar-refractivity contribution in [3.63, 3.8) is 0 Å². The Hall–Kier alpha value is -2.13. The molecule has 0 saturated carbocycles. The van der Waals surface area contributed by atoms with Gasteiger partial charge in [0, 0.05) is 30.2 Å². The van der Waals surface area contributed by atoms with Crippen molar-refractivity contribution in [1.82, 2.24) is 20.3 Å². The molecule has 0 aliphatic carbocycles. The Morgan fingerprint density at radius 3 is 2.76 bits per heavy atom. The predicted octanol–water partition coefficient (Wildman–Crippen LogP) is 0.642. The Morgan fingerprint density at radius 2 is 2.10 bits per heavy atom. The zero-order chi connectivity index (χ0) is 15.5. The van der Waals surface area contributed by atoms with Gasteiger partial charge in [0.2, 0.25) is 11.8 Å². The van der Waals surface area contributed by atoms with Gasteiger partial charge in [-0.3, -0.25) is 0 Å². The summed E-state index contributed by atoms with van der Waals surface area (Å²) in [4.78, 5) is 11.0. The average Bonchev–Trinajstić information content (AvgIpc) is 2.87. The number of aromatic amines is 1. The number of H-pyrrole nitrogens is 1. The number of rotatable bonds is 6. The minimum atomic E-state index is -3.74. The largest absolute Gasteiger partial charge is 0.481 e. The lowest BCUT2D eigenvalue weighted by molar-refractivity contribution is 0.397. The number of hydrogen-bond acceptors (Lipinski definition) is 6. The lowest BCUT2D eigenvalue weighted by Gasteiger charge is -2.07. The molecular formula is C12H17N5O3S. The summed E-state index contributed by atoms with van der Waals surface area (Å²) in [6.45, 7) is 2.27. The molecule has 0 aliphatic heterocycles. The van der Waals surface area contributed by atoms with Crippen LogP contribution in [0.2, 0.25) is 0 Å². The SMILES string of the molecule is CNCc1cc(S(=O)(=O)Nc2nc(C)cc(OC)n2)c[nH]1. The highest BCUT2D eigenvalue weighted by molar-refractivity contribution is 7.92. The topological polar surface area (TPSA) is 109 Å². The standard InChI is InChI=1S/C12H17N5O3S/c1-8-4-11(20-3)16-12(15-8)17-21(18,19)10-5-9(6-13-2)14-7-10/h4-5,7,13-14H,6H2,1-3H3,(H,15,16,17). The van der Waals surface area contributed by atoms with Gasteiger partial charge < -0.3 is 15.0 Å². The molecule has 8 nitrogen and oxygen atoms in total. The Bertz CT molecular complexity index is 726. The number of nitrogens with one attached hydrogen (secondary N) is 3. The highest BCUT2D eigenvalue weighted by Crippen LogP contribution is 2.17. The van der Waals surface area contributed by atoms with Crippen molar-refractivity contribution in [3.8, 4) is 5.88 Å². The molecule has 0 fully saturated rings. The van der Waals surface area contributed by atoms with E-state index in [0.717, 1.165) is 5.69 Å². The minimum absolute atomic E-state index is 0.0248. The van der Waals surface area contributed by atoms with E-state index < -0.39 is 10.0 Å². The van der Waals surface area contributed by atoms with E-state index in [9.17, 15) is 8.42 Å². The fourth-order valence-electron chi connectivity index (χ4n) is 1.74. The predicted molar refractivity (Wildman–Crippen MR) is 77.7 cm³/mol. The quantitative estimate of drug-likeness (QED) is 0.722. The lowest BCUT2D eigenvalue weighted by atomic mass is 10.4. The lowest BCUT2D eigenvalue weighted by Crippen LogP contribution is -2.15. The van der Waals surface area contributed by atoms with Crippen molar-refractivity contribution in [2.45, 2.75) is 18.4 Å². The summed E-state index contributed by atoms with van der Waals surface area (Å²) < 4.78 is 31.8. The first kappa shape index (κ1) is 15.3. The number of sulfonamides is 1. The molecule has 0 spiro atoms. The second-order valence-corrected chi connectivity index (χ2v) is 6.05. The van der Waals surface area contributed by atoms with E-state index in [4.69, 9.17) is 4.74 Å². The van der Waals surface area contributed by atoms with Crippen molar-refractivity contribution in [1.29, 1.82) is 0 Å². The Morgan fingerprint density at radius 1 is 1.33 bits per heavy atom. The van der Waals surface area contributed by atoms with Crippen LogP contribution < -0.4 is 14.8 Å². The maximum Gasteiger partial charge on any atom is 0.265 e. The number of aryl methyl sites for hydroxylation is 1. The van der Waals surface area contributed by atoms with E-state index in [1.807, 2.05) is 0 Å². The molecular weight excluding hydrogens is 294 g/mol. The van der Waals surface area contributed by atoms with Crippen LogP contribution in [0.4, 0.5) is 5.95 Å². The van der Waals surface area contributed by atoms with Crippen LogP contribution in [-0.4, -0.2) is 37.5 Å². The molecule has 0 saturated heterocycles. The molecule has 0 unspecified atom stereocenters. The van der Waals surface area contributed by atoms with Crippen LogP contribution in [0.5, 0.6) is 5.88 Å². The van der Waals surface area contributed by atoms with Crippen molar-refractivity contribution >= 4 is 16.0 Å². The highest BCUT2D eigenvalue weighted by atomic mass is 32.2. The van der Waals surface area contributed by atoms with Crippen molar-refractivity contribution < 1.29 is 13.2 Å². The zero-order valence-electron chi connectivity index (χ0n) is 12.0. The minimum Gasteiger partial charge on any atom is -0.481 e. The third kappa shape index (κ3) is 3.70. The number of aromatic nitrogens is 3. The van der Waals surface area contributed by atoms with Gasteiger partial charge in [0.1, 0.15) is 4.90 Å². The molecule has 0 amide bonds. The molecule has 2 rings (SSSR count). The third-order valence-corrected chi connectivity index (χ3v) is 3.97. The van der Waals surface area contributed by atoms with Gasteiger partial charge in [-0.25, -0.2) is 18.1 Å². The fraction of sp³-hybridized carbons (Fsp3) is 0.333. The van der Waals surface area contributed by atoms with Crippen LogP contribution in [0.25, 0.3) is 0 Å². The first-order valence-corrected chi connectivity index (χ1v) is 7.67. The van der Waals surface area contributed by atoms with E-state index in [0.29, 0.717) is 18.1 Å². The van der Waals surface area contributed by atoms with Crippen LogP contribution in [0, 0.1) is 6.92 Å². The summed E-state index contributed by atoms with van der Waals surface area (Å²) >= 11 is 0. The summed E-state index contributed by atoms with van der Waals surface area (Å²) in [5.74, 6) is 0.272. The van der Waals surface area contributed by atoms with Gasteiger partial charge in [0.15, 0.2) is 0 Å². The second-order valence-electron chi connectivity index (χ2n) is 4.37. The molecule has 2 aromatic rings. The first-order valence-electron chi connectivity index (χ1n) is 6.19. The summed E-state index contributed by atoms with van der Waals surface area (Å²) in [7, 11) is -0.510. The normalized spacial score (nSPS) is 11.4. The summed E-state index contributed by atoms with van der Waals surface area (Å²) in [5.41, 5.74) is 1.37. The maximum absolute atomic E-state index is 12.3.